The molecule has 2 fully saturated rings. The van der Waals surface area contributed by atoms with E-state index in [1.54, 1.807) is 20.3 Å². The monoisotopic (exact) mass is 754 g/mol. The fraction of sp³-hybridized carbons (Fsp3) is 0.476. The molecule has 0 aromatic heterocycles. The largest absolute Gasteiger partial charge is 0.504 e. The topological polar surface area (TPSA) is 155 Å². The van der Waals surface area contributed by atoms with Crippen molar-refractivity contribution in [2.75, 3.05) is 55.2 Å². The summed E-state index contributed by atoms with van der Waals surface area (Å²) >= 11 is 0. The van der Waals surface area contributed by atoms with Crippen molar-refractivity contribution < 1.29 is 43.4 Å². The molecule has 0 aliphatic carbocycles. The van der Waals surface area contributed by atoms with Crippen LogP contribution in [-0.2, 0) is 22.4 Å². The van der Waals surface area contributed by atoms with Crippen LogP contribution in [0.2, 0.25) is 0 Å². The molecular weight excluding hydrogens is 704 g/mol. The number of carbonyl (C=O) groups excluding carboxylic acids is 1. The first-order chi connectivity index (χ1) is 26.6. The van der Waals surface area contributed by atoms with Gasteiger partial charge in [0.25, 0.3) is 0 Å². The van der Waals surface area contributed by atoms with Crippen LogP contribution < -0.4 is 29.0 Å². The number of carbonyl (C=O) groups is 1. The van der Waals surface area contributed by atoms with Crippen molar-refractivity contribution in [1.82, 2.24) is 15.1 Å². The molecule has 4 aliphatic rings. The lowest BCUT2D eigenvalue weighted by atomic mass is 9.71. The standard InChI is InChI=1S/C42H50N4O9/c1-22-39(50-4)27-19-30-36-35-28(40(51-5)23(2)42(53-7)38(35)49)18-29(45(36)3)31(20-43)46(30)32(34(27)37(48)41(22)52-6)21-44-33(47)13-10-24-8-11-25(12-9-24)55-26-14-16-54-17-15-26/h8-13,26,29-32,36,48-49H,14-19,21H2,1-7H3,(H,44,47)/b13-10+/t29-,30-,31-,32-,36-/m0/s1. The molecule has 0 saturated carbocycles. The number of nitrogens with one attached hydrogen (secondary N) is 1. The zero-order valence-electron chi connectivity index (χ0n) is 32.5. The molecule has 13 heteroatoms. The minimum atomic E-state index is -0.669. The Kier molecular flexibility index (Phi) is 10.8. The number of hydrogen-bond acceptors (Lipinski definition) is 12. The van der Waals surface area contributed by atoms with Gasteiger partial charge in [-0.3, -0.25) is 14.6 Å². The van der Waals surface area contributed by atoms with Crippen LogP contribution in [0.5, 0.6) is 40.2 Å². The van der Waals surface area contributed by atoms with Gasteiger partial charge < -0.3 is 44.0 Å². The summed E-state index contributed by atoms with van der Waals surface area (Å²) in [4.78, 5) is 17.8. The van der Waals surface area contributed by atoms with Crippen molar-refractivity contribution in [3.63, 3.8) is 0 Å². The fourth-order valence-corrected chi connectivity index (χ4v) is 9.49. The zero-order valence-corrected chi connectivity index (χ0v) is 32.5. The lowest BCUT2D eigenvalue weighted by molar-refractivity contribution is -0.117. The predicted octanol–water partition coefficient (Wildman–Crippen LogP) is 4.91. The van der Waals surface area contributed by atoms with Gasteiger partial charge in [-0.15, -0.1) is 0 Å². The Morgan fingerprint density at radius 2 is 1.45 bits per heavy atom. The maximum atomic E-state index is 13.5. The van der Waals surface area contributed by atoms with E-state index < -0.39 is 24.2 Å². The minimum Gasteiger partial charge on any atom is -0.504 e. The lowest BCUT2D eigenvalue weighted by Crippen LogP contribution is -2.68. The quantitative estimate of drug-likeness (QED) is 0.241. The molecule has 55 heavy (non-hydrogen) atoms. The first kappa shape index (κ1) is 38.1. The Morgan fingerprint density at radius 1 is 0.891 bits per heavy atom. The third-order valence-corrected chi connectivity index (χ3v) is 11.9. The number of hydrogen-bond donors (Lipinski definition) is 3. The number of benzene rings is 3. The lowest BCUT2D eigenvalue weighted by Gasteiger charge is -2.60. The molecule has 13 nitrogen and oxygen atoms in total. The third kappa shape index (κ3) is 6.46. The molecule has 2 saturated heterocycles. The molecule has 3 N–H and O–H groups in total. The predicted molar refractivity (Wildman–Crippen MR) is 204 cm³/mol. The van der Waals surface area contributed by atoms with Gasteiger partial charge in [0, 0.05) is 70.9 Å². The van der Waals surface area contributed by atoms with E-state index in [9.17, 15) is 20.3 Å². The Morgan fingerprint density at radius 3 is 2.04 bits per heavy atom. The summed E-state index contributed by atoms with van der Waals surface area (Å²) in [7, 11) is 8.18. The van der Waals surface area contributed by atoms with Crippen molar-refractivity contribution in [1.29, 1.82) is 5.26 Å². The third-order valence-electron chi connectivity index (χ3n) is 11.9. The molecule has 4 aliphatic heterocycles. The summed E-state index contributed by atoms with van der Waals surface area (Å²) in [6, 6.07) is 7.72. The number of nitrogens with zero attached hydrogens (tertiary/aromatic N) is 3. The van der Waals surface area contributed by atoms with E-state index in [1.807, 2.05) is 45.2 Å². The average Bonchev–Trinajstić information content (AvgIpc) is 3.18. The Hall–Kier alpha value is -5.16. The minimum absolute atomic E-state index is 0.0335. The summed E-state index contributed by atoms with van der Waals surface area (Å²) in [5.41, 5.74) is 4.95. The van der Waals surface area contributed by atoms with Crippen molar-refractivity contribution in [3.8, 4) is 46.3 Å². The molecule has 7 rings (SSSR count). The van der Waals surface area contributed by atoms with Gasteiger partial charge >= 0.3 is 0 Å². The molecule has 4 heterocycles. The van der Waals surface area contributed by atoms with Crippen LogP contribution in [0.4, 0.5) is 0 Å². The summed E-state index contributed by atoms with van der Waals surface area (Å²) in [5.74, 6) is 2.19. The number of nitriles is 1. The van der Waals surface area contributed by atoms with E-state index in [2.05, 4.69) is 21.2 Å². The van der Waals surface area contributed by atoms with Crippen LogP contribution in [-0.4, -0.2) is 105 Å². The van der Waals surface area contributed by atoms with E-state index in [0.29, 0.717) is 65.6 Å². The summed E-state index contributed by atoms with van der Waals surface area (Å²) in [5, 5.41) is 37.8. The molecule has 292 valence electrons. The number of methoxy groups -OCH3 is 4. The Labute approximate surface area is 321 Å². The first-order valence-corrected chi connectivity index (χ1v) is 18.7. The van der Waals surface area contributed by atoms with E-state index >= 15 is 0 Å². The highest BCUT2D eigenvalue weighted by Gasteiger charge is 2.57. The number of ether oxygens (including phenoxy) is 6. The van der Waals surface area contributed by atoms with Gasteiger partial charge in [-0.05, 0) is 57.5 Å². The number of amides is 1. The Bertz CT molecular complexity index is 2020. The maximum absolute atomic E-state index is 13.5. The van der Waals surface area contributed by atoms with Crippen LogP contribution >= 0.6 is 0 Å². The molecule has 1 amide bonds. The SMILES string of the molecule is COc1c(C)c(OC)c2c(c1O)[C@@H]1[C@@H]3Cc4c(OC)c(C)c(OC)c(O)c4[C@H](CNC(=O)/C=C/c4ccc(OC5CCOCC5)cc4)N3[C@@H](C#N)[C@H](C2)N1C. The second-order valence-corrected chi connectivity index (χ2v) is 14.6. The van der Waals surface area contributed by atoms with Crippen LogP contribution in [0.1, 0.15) is 63.9 Å². The van der Waals surface area contributed by atoms with Gasteiger partial charge in [0.05, 0.1) is 59.8 Å². The maximum Gasteiger partial charge on any atom is 0.244 e. The van der Waals surface area contributed by atoms with Crippen LogP contribution in [0.15, 0.2) is 30.3 Å². The number of aromatic hydroxyl groups is 2. The molecule has 0 radical (unpaired) electrons. The summed E-state index contributed by atoms with van der Waals surface area (Å²) < 4.78 is 34.9. The number of likely N-dealkylation sites (N-methyl/N-ethyl adjacent to an activating group) is 1. The fourth-order valence-electron chi connectivity index (χ4n) is 9.49. The Balaban J connectivity index is 1.26. The van der Waals surface area contributed by atoms with E-state index in [1.165, 1.54) is 20.3 Å². The number of fused-ring (bicyclic) bond motifs is 7. The second-order valence-electron chi connectivity index (χ2n) is 14.6. The number of phenolic OH excluding ortho intramolecular Hbond substituents is 2. The van der Waals surface area contributed by atoms with Gasteiger partial charge in [0.2, 0.25) is 5.91 Å². The van der Waals surface area contributed by atoms with Crippen molar-refractivity contribution in [2.24, 2.45) is 0 Å². The molecule has 3 aromatic rings. The summed E-state index contributed by atoms with van der Waals surface area (Å²) in [6.45, 7) is 5.14. The second kappa shape index (κ2) is 15.5. The van der Waals surface area contributed by atoms with Gasteiger partial charge in [-0.1, -0.05) is 12.1 Å². The number of rotatable bonds is 10. The summed E-state index contributed by atoms with van der Waals surface area (Å²) in [6.07, 6.45) is 5.84. The smallest absolute Gasteiger partial charge is 0.244 e. The molecule has 2 bridgehead atoms. The molecule has 3 aromatic carbocycles. The van der Waals surface area contributed by atoms with Gasteiger partial charge in [0.15, 0.2) is 23.0 Å². The van der Waals surface area contributed by atoms with Crippen LogP contribution in [0, 0.1) is 25.2 Å². The first-order valence-electron chi connectivity index (χ1n) is 18.7. The zero-order chi connectivity index (χ0) is 39.1. The number of piperazine rings is 1. The molecule has 0 unspecified atom stereocenters. The average molecular weight is 755 g/mol. The van der Waals surface area contributed by atoms with E-state index in [-0.39, 0.29) is 41.8 Å². The highest BCUT2D eigenvalue weighted by Crippen LogP contribution is 2.58. The van der Waals surface area contributed by atoms with Crippen LogP contribution in [0.3, 0.4) is 0 Å². The normalized spacial score (nSPS) is 23.6. The highest BCUT2D eigenvalue weighted by atomic mass is 16.5. The molecular formula is C42H50N4O9. The van der Waals surface area contributed by atoms with Crippen molar-refractivity contribution in [3.05, 3.63) is 69.3 Å². The van der Waals surface area contributed by atoms with E-state index in [0.717, 1.165) is 35.3 Å². The van der Waals surface area contributed by atoms with Gasteiger partial charge in [-0.25, -0.2) is 0 Å². The van der Waals surface area contributed by atoms with Crippen LogP contribution in [0.25, 0.3) is 6.08 Å². The van der Waals surface area contributed by atoms with E-state index in [4.69, 9.17) is 28.4 Å². The van der Waals surface area contributed by atoms with Gasteiger partial charge in [-0.2, -0.15) is 5.26 Å². The van der Waals surface area contributed by atoms with Crippen molar-refractivity contribution in [2.45, 2.75) is 75.8 Å². The molecule has 0 spiro atoms. The van der Waals surface area contributed by atoms with Crippen molar-refractivity contribution >= 4 is 12.0 Å². The highest BCUT2D eigenvalue weighted by molar-refractivity contribution is 5.91. The molecule has 5 atom stereocenters. The van der Waals surface area contributed by atoms with Gasteiger partial charge in [0.1, 0.15) is 29.4 Å². The number of phenols is 2.